The lowest BCUT2D eigenvalue weighted by Gasteiger charge is -2.41. The van der Waals surface area contributed by atoms with E-state index in [2.05, 4.69) is 11.6 Å². The summed E-state index contributed by atoms with van der Waals surface area (Å²) in [5.74, 6) is -0.108. The summed E-state index contributed by atoms with van der Waals surface area (Å²) >= 11 is 0. The number of aliphatic hydroxyl groups is 1. The van der Waals surface area contributed by atoms with Crippen LogP contribution in [0.3, 0.4) is 0 Å². The normalized spacial score (nSPS) is 22.6. The molecule has 5 heteroatoms. The van der Waals surface area contributed by atoms with E-state index in [0.29, 0.717) is 25.1 Å². The maximum Gasteiger partial charge on any atom is 0.255 e. The zero-order valence-electron chi connectivity index (χ0n) is 11.5. The van der Waals surface area contributed by atoms with Crippen LogP contribution in [-0.4, -0.2) is 40.6 Å². The summed E-state index contributed by atoms with van der Waals surface area (Å²) in [7, 11) is 0. The van der Waals surface area contributed by atoms with Crippen molar-refractivity contribution in [3.05, 3.63) is 46.9 Å². The Balaban J connectivity index is 2.15. The molecule has 1 amide bonds. The van der Waals surface area contributed by atoms with Gasteiger partial charge >= 0.3 is 0 Å². The molecular weight excluding hydrogens is 256 g/mol. The first-order chi connectivity index (χ1) is 9.60. The van der Waals surface area contributed by atoms with Crippen molar-refractivity contribution in [1.29, 1.82) is 0 Å². The molecule has 1 atom stereocenters. The molecule has 1 aromatic heterocycles. The summed E-state index contributed by atoms with van der Waals surface area (Å²) in [6, 6.07) is 2.88. The molecule has 0 saturated carbocycles. The largest absolute Gasteiger partial charge is 0.396 e. The van der Waals surface area contributed by atoms with Crippen LogP contribution < -0.4 is 5.56 Å². The van der Waals surface area contributed by atoms with E-state index < -0.39 is 0 Å². The van der Waals surface area contributed by atoms with Gasteiger partial charge in [-0.1, -0.05) is 6.08 Å². The van der Waals surface area contributed by atoms with Gasteiger partial charge in [0.1, 0.15) is 0 Å². The molecule has 0 bridgehead atoms. The molecule has 2 N–H and O–H groups in total. The van der Waals surface area contributed by atoms with Gasteiger partial charge in [-0.3, -0.25) is 9.59 Å². The summed E-state index contributed by atoms with van der Waals surface area (Å²) in [5, 5.41) is 9.65. The van der Waals surface area contributed by atoms with Gasteiger partial charge in [0.05, 0.1) is 12.2 Å². The van der Waals surface area contributed by atoms with E-state index in [-0.39, 0.29) is 23.5 Å². The molecule has 1 aliphatic rings. The van der Waals surface area contributed by atoms with Crippen LogP contribution in [0.4, 0.5) is 0 Å². The van der Waals surface area contributed by atoms with Gasteiger partial charge in [-0.05, 0) is 25.3 Å². The maximum absolute atomic E-state index is 12.4. The molecule has 5 nitrogen and oxygen atoms in total. The second-order valence-corrected chi connectivity index (χ2v) is 5.42. The van der Waals surface area contributed by atoms with Crippen molar-refractivity contribution in [2.24, 2.45) is 5.41 Å². The fourth-order valence-corrected chi connectivity index (χ4v) is 2.77. The lowest BCUT2D eigenvalue weighted by molar-refractivity contribution is 0.0285. The molecule has 1 fully saturated rings. The van der Waals surface area contributed by atoms with Crippen molar-refractivity contribution in [3.8, 4) is 0 Å². The number of rotatable bonds is 4. The highest BCUT2D eigenvalue weighted by molar-refractivity contribution is 5.93. The Morgan fingerprint density at radius 3 is 2.95 bits per heavy atom. The molecule has 0 aromatic carbocycles. The van der Waals surface area contributed by atoms with Crippen LogP contribution in [-0.2, 0) is 0 Å². The van der Waals surface area contributed by atoms with Crippen LogP contribution in [0.1, 0.15) is 29.6 Å². The number of aromatic amines is 1. The standard InChI is InChI=1S/C15H20N2O3/c1-2-6-15(11-18)7-3-8-17(10-15)14(20)12-4-5-13(19)16-9-12/h2,4-5,9,18H,1,3,6-8,10-11H2,(H,16,19)/t15-/m0/s1. The van der Waals surface area contributed by atoms with E-state index in [4.69, 9.17) is 0 Å². The van der Waals surface area contributed by atoms with Crippen molar-refractivity contribution < 1.29 is 9.90 Å². The first kappa shape index (κ1) is 14.5. The number of piperidine rings is 1. The quantitative estimate of drug-likeness (QED) is 0.811. The molecule has 0 aliphatic carbocycles. The summed E-state index contributed by atoms with van der Waals surface area (Å²) in [6.45, 7) is 4.98. The number of hydrogen-bond acceptors (Lipinski definition) is 3. The fraction of sp³-hybridized carbons (Fsp3) is 0.467. The molecular formula is C15H20N2O3. The summed E-state index contributed by atoms with van der Waals surface area (Å²) < 4.78 is 0. The minimum absolute atomic E-state index is 0.0500. The van der Waals surface area contributed by atoms with Crippen molar-refractivity contribution in [2.75, 3.05) is 19.7 Å². The Labute approximate surface area is 117 Å². The topological polar surface area (TPSA) is 73.4 Å². The van der Waals surface area contributed by atoms with Crippen LogP contribution in [0.2, 0.25) is 0 Å². The zero-order chi connectivity index (χ0) is 14.6. The van der Waals surface area contributed by atoms with Gasteiger partial charge in [0, 0.05) is 30.8 Å². The Morgan fingerprint density at radius 1 is 1.55 bits per heavy atom. The van der Waals surface area contributed by atoms with E-state index in [1.54, 1.807) is 11.0 Å². The van der Waals surface area contributed by atoms with Crippen LogP contribution >= 0.6 is 0 Å². The minimum Gasteiger partial charge on any atom is -0.396 e. The lowest BCUT2D eigenvalue weighted by Crippen LogP contribution is -2.47. The molecule has 20 heavy (non-hydrogen) atoms. The molecule has 0 spiro atoms. The van der Waals surface area contributed by atoms with Crippen molar-refractivity contribution in [1.82, 2.24) is 9.88 Å². The van der Waals surface area contributed by atoms with Crippen molar-refractivity contribution >= 4 is 5.91 Å². The van der Waals surface area contributed by atoms with E-state index in [1.165, 1.54) is 18.3 Å². The molecule has 1 saturated heterocycles. The van der Waals surface area contributed by atoms with Gasteiger partial charge in [0.25, 0.3) is 5.91 Å². The van der Waals surface area contributed by atoms with E-state index in [9.17, 15) is 14.7 Å². The number of allylic oxidation sites excluding steroid dienone is 1. The number of pyridine rings is 1. The van der Waals surface area contributed by atoms with Crippen molar-refractivity contribution in [3.63, 3.8) is 0 Å². The third kappa shape index (κ3) is 2.99. The molecule has 108 valence electrons. The molecule has 2 rings (SSSR count). The van der Waals surface area contributed by atoms with Gasteiger partial charge in [-0.25, -0.2) is 0 Å². The Hall–Kier alpha value is -1.88. The number of aromatic nitrogens is 1. The Bertz CT molecular complexity index is 532. The van der Waals surface area contributed by atoms with Crippen molar-refractivity contribution in [2.45, 2.75) is 19.3 Å². The Kier molecular flexibility index (Phi) is 4.39. The second-order valence-electron chi connectivity index (χ2n) is 5.42. The van der Waals surface area contributed by atoms with E-state index >= 15 is 0 Å². The number of H-pyrrole nitrogens is 1. The smallest absolute Gasteiger partial charge is 0.255 e. The first-order valence-corrected chi connectivity index (χ1v) is 6.80. The van der Waals surface area contributed by atoms with E-state index in [0.717, 1.165) is 12.8 Å². The number of likely N-dealkylation sites (tertiary alicyclic amines) is 1. The lowest BCUT2D eigenvalue weighted by atomic mass is 9.77. The third-order valence-corrected chi connectivity index (χ3v) is 3.89. The number of nitrogens with one attached hydrogen (secondary N) is 1. The molecule has 0 unspecified atom stereocenters. The highest BCUT2D eigenvalue weighted by Gasteiger charge is 2.35. The molecule has 0 radical (unpaired) electrons. The predicted molar refractivity (Wildman–Crippen MR) is 76.5 cm³/mol. The second kappa shape index (κ2) is 6.05. The summed E-state index contributed by atoms with van der Waals surface area (Å²) in [4.78, 5) is 27.7. The van der Waals surface area contributed by atoms with Crippen LogP contribution in [0.15, 0.2) is 35.8 Å². The van der Waals surface area contributed by atoms with Gasteiger partial charge < -0.3 is 15.0 Å². The number of aliphatic hydroxyl groups excluding tert-OH is 1. The summed E-state index contributed by atoms with van der Waals surface area (Å²) in [6.07, 6.45) is 5.69. The van der Waals surface area contributed by atoms with E-state index in [1.807, 2.05) is 0 Å². The average Bonchev–Trinajstić information content (AvgIpc) is 2.48. The van der Waals surface area contributed by atoms with Gasteiger partial charge in [-0.15, -0.1) is 6.58 Å². The fourth-order valence-electron chi connectivity index (χ4n) is 2.77. The number of carbonyl (C=O) groups excluding carboxylic acids is 1. The first-order valence-electron chi connectivity index (χ1n) is 6.80. The van der Waals surface area contributed by atoms with Gasteiger partial charge in [0.2, 0.25) is 5.56 Å². The minimum atomic E-state index is -0.280. The average molecular weight is 276 g/mol. The number of nitrogens with zero attached hydrogens (tertiary/aromatic N) is 1. The SMILES string of the molecule is C=CC[C@]1(CO)CCCN(C(=O)c2ccc(=O)[nH]c2)C1. The third-order valence-electron chi connectivity index (χ3n) is 3.89. The van der Waals surface area contributed by atoms with Gasteiger partial charge in [-0.2, -0.15) is 0 Å². The molecule has 2 heterocycles. The monoisotopic (exact) mass is 276 g/mol. The maximum atomic E-state index is 12.4. The summed E-state index contributed by atoms with van der Waals surface area (Å²) in [5.41, 5.74) is -0.0359. The van der Waals surface area contributed by atoms with Crippen LogP contribution in [0.5, 0.6) is 0 Å². The highest BCUT2D eigenvalue weighted by atomic mass is 16.3. The van der Waals surface area contributed by atoms with Gasteiger partial charge in [0.15, 0.2) is 0 Å². The number of hydrogen-bond donors (Lipinski definition) is 2. The van der Waals surface area contributed by atoms with Crippen LogP contribution in [0, 0.1) is 5.41 Å². The predicted octanol–water partition coefficient (Wildman–Crippen LogP) is 1.17. The zero-order valence-corrected chi connectivity index (χ0v) is 11.5. The Morgan fingerprint density at radius 2 is 2.35 bits per heavy atom. The number of amides is 1. The number of carbonyl (C=O) groups is 1. The molecule has 1 aliphatic heterocycles. The highest BCUT2D eigenvalue weighted by Crippen LogP contribution is 2.33. The van der Waals surface area contributed by atoms with Crippen LogP contribution in [0.25, 0.3) is 0 Å². The molecule has 1 aromatic rings.